The molecule has 4 heteroatoms. The Bertz CT molecular complexity index is 509. The predicted octanol–water partition coefficient (Wildman–Crippen LogP) is 4.61. The smallest absolute Gasteiger partial charge is 0.119 e. The lowest BCUT2D eigenvalue weighted by atomic mass is 10.0. The summed E-state index contributed by atoms with van der Waals surface area (Å²) < 4.78 is 6.65. The molecule has 2 aromatic rings. The van der Waals surface area contributed by atoms with Gasteiger partial charge in [-0.15, -0.1) is 11.3 Å². The van der Waals surface area contributed by atoms with Crippen LogP contribution < -0.4 is 10.1 Å². The Morgan fingerprint density at radius 2 is 1.95 bits per heavy atom. The third kappa shape index (κ3) is 3.81. The van der Waals surface area contributed by atoms with Crippen LogP contribution in [0.25, 0.3) is 0 Å². The second-order valence-electron chi connectivity index (χ2n) is 4.18. The van der Waals surface area contributed by atoms with Gasteiger partial charge in [0, 0.05) is 0 Å². The third-order valence-corrected chi connectivity index (χ3v) is 4.38. The van der Waals surface area contributed by atoms with Crippen molar-refractivity contribution in [2.24, 2.45) is 0 Å². The van der Waals surface area contributed by atoms with E-state index in [1.165, 1.54) is 11.1 Å². The van der Waals surface area contributed by atoms with Gasteiger partial charge in [-0.1, -0.05) is 19.1 Å². The summed E-state index contributed by atoms with van der Waals surface area (Å²) in [4.78, 5) is 0. The summed E-state index contributed by atoms with van der Waals surface area (Å²) in [6.07, 6.45) is 0. The predicted molar refractivity (Wildman–Crippen MR) is 85.1 cm³/mol. The Kier molecular flexibility index (Phi) is 5.43. The van der Waals surface area contributed by atoms with Crippen molar-refractivity contribution in [2.45, 2.75) is 19.9 Å². The molecule has 1 N–H and O–H groups in total. The van der Waals surface area contributed by atoms with Crippen LogP contribution in [0.15, 0.2) is 39.5 Å². The van der Waals surface area contributed by atoms with Gasteiger partial charge in [-0.3, -0.25) is 0 Å². The molecule has 0 radical (unpaired) electrons. The molecule has 0 saturated carbocycles. The average molecular weight is 340 g/mol. The number of thiophene rings is 1. The maximum atomic E-state index is 5.48. The van der Waals surface area contributed by atoms with Gasteiger partial charge in [0.25, 0.3) is 0 Å². The Balaban J connectivity index is 2.23. The zero-order chi connectivity index (χ0) is 13.7. The van der Waals surface area contributed by atoms with E-state index in [1.54, 1.807) is 11.3 Å². The quantitative estimate of drug-likeness (QED) is 0.829. The van der Waals surface area contributed by atoms with E-state index in [1.807, 2.05) is 19.1 Å². The van der Waals surface area contributed by atoms with E-state index in [4.69, 9.17) is 4.74 Å². The maximum Gasteiger partial charge on any atom is 0.119 e. The standard InChI is InChI=1S/C15H18BrNOS/c1-3-17-15(12-9-14(16)19-10-12)11-5-7-13(8-6-11)18-4-2/h5-10,15,17H,3-4H2,1-2H3. The zero-order valence-corrected chi connectivity index (χ0v) is 13.6. The highest BCUT2D eigenvalue weighted by Gasteiger charge is 2.14. The van der Waals surface area contributed by atoms with Gasteiger partial charge in [0.1, 0.15) is 5.75 Å². The molecule has 102 valence electrons. The first kappa shape index (κ1) is 14.6. The topological polar surface area (TPSA) is 21.3 Å². The fraction of sp³-hybridized carbons (Fsp3) is 0.333. The molecule has 19 heavy (non-hydrogen) atoms. The summed E-state index contributed by atoms with van der Waals surface area (Å²) in [5.74, 6) is 0.924. The molecule has 1 aromatic heterocycles. The first-order valence-corrected chi connectivity index (χ1v) is 8.12. The molecule has 0 amide bonds. The molecule has 0 spiro atoms. The van der Waals surface area contributed by atoms with E-state index < -0.39 is 0 Å². The number of nitrogens with one attached hydrogen (secondary N) is 1. The summed E-state index contributed by atoms with van der Waals surface area (Å²) in [7, 11) is 0. The molecule has 1 unspecified atom stereocenters. The molecule has 0 aliphatic carbocycles. The summed E-state index contributed by atoms with van der Waals surface area (Å²) in [5.41, 5.74) is 2.55. The third-order valence-electron chi connectivity index (χ3n) is 2.85. The highest BCUT2D eigenvalue weighted by atomic mass is 79.9. The van der Waals surface area contributed by atoms with Crippen LogP contribution in [0.3, 0.4) is 0 Å². The monoisotopic (exact) mass is 339 g/mol. The lowest BCUT2D eigenvalue weighted by molar-refractivity contribution is 0.340. The van der Waals surface area contributed by atoms with E-state index >= 15 is 0 Å². The summed E-state index contributed by atoms with van der Waals surface area (Å²) in [5, 5.41) is 5.71. The van der Waals surface area contributed by atoms with Crippen LogP contribution in [0.1, 0.15) is 31.0 Å². The molecule has 0 aliphatic heterocycles. The molecule has 0 aliphatic rings. The molecule has 0 fully saturated rings. The Hall–Kier alpha value is -0.840. The van der Waals surface area contributed by atoms with Gasteiger partial charge in [-0.2, -0.15) is 0 Å². The first-order chi connectivity index (χ1) is 9.24. The minimum absolute atomic E-state index is 0.239. The molecule has 1 atom stereocenters. The fourth-order valence-corrected chi connectivity index (χ4v) is 3.23. The Labute approximate surface area is 126 Å². The SMILES string of the molecule is CCNC(c1ccc(OCC)cc1)c1csc(Br)c1. The largest absolute Gasteiger partial charge is 0.494 e. The van der Waals surface area contributed by atoms with Crippen LogP contribution in [0, 0.1) is 0 Å². The molecule has 1 aromatic carbocycles. The van der Waals surface area contributed by atoms with Gasteiger partial charge in [0.05, 0.1) is 16.4 Å². The molecular formula is C15H18BrNOS. The normalized spacial score (nSPS) is 12.4. The van der Waals surface area contributed by atoms with Crippen LogP contribution in [0.5, 0.6) is 5.75 Å². The average Bonchev–Trinajstić information content (AvgIpc) is 2.84. The van der Waals surface area contributed by atoms with Gasteiger partial charge >= 0.3 is 0 Å². The van der Waals surface area contributed by atoms with Crippen molar-refractivity contribution in [3.63, 3.8) is 0 Å². The first-order valence-electron chi connectivity index (χ1n) is 6.44. The summed E-state index contributed by atoms with van der Waals surface area (Å²) >= 11 is 5.24. The van der Waals surface area contributed by atoms with Gasteiger partial charge in [-0.25, -0.2) is 0 Å². The van der Waals surface area contributed by atoms with Crippen LogP contribution in [-0.2, 0) is 0 Å². The number of halogens is 1. The van der Waals surface area contributed by atoms with Crippen molar-refractivity contribution in [1.29, 1.82) is 0 Å². The molecule has 0 bridgehead atoms. The van der Waals surface area contributed by atoms with Crippen LogP contribution in [-0.4, -0.2) is 13.2 Å². The maximum absolute atomic E-state index is 5.48. The van der Waals surface area contributed by atoms with Crippen molar-refractivity contribution in [3.8, 4) is 5.75 Å². The van der Waals surface area contributed by atoms with Crippen molar-refractivity contribution in [1.82, 2.24) is 5.32 Å². The van der Waals surface area contributed by atoms with E-state index in [-0.39, 0.29) is 6.04 Å². The molecule has 2 rings (SSSR count). The van der Waals surface area contributed by atoms with Crippen molar-refractivity contribution < 1.29 is 4.74 Å². The van der Waals surface area contributed by atoms with Gasteiger partial charge < -0.3 is 10.1 Å². The fourth-order valence-electron chi connectivity index (χ4n) is 2.03. The van der Waals surface area contributed by atoms with E-state index in [2.05, 4.69) is 51.7 Å². The highest BCUT2D eigenvalue weighted by Crippen LogP contribution is 2.30. The Morgan fingerprint density at radius 3 is 2.47 bits per heavy atom. The van der Waals surface area contributed by atoms with E-state index in [0.29, 0.717) is 6.61 Å². The van der Waals surface area contributed by atoms with E-state index in [0.717, 1.165) is 16.1 Å². The van der Waals surface area contributed by atoms with Crippen LogP contribution in [0.4, 0.5) is 0 Å². The number of rotatable bonds is 6. The number of hydrogen-bond acceptors (Lipinski definition) is 3. The minimum Gasteiger partial charge on any atom is -0.494 e. The Morgan fingerprint density at radius 1 is 1.21 bits per heavy atom. The van der Waals surface area contributed by atoms with Crippen molar-refractivity contribution in [3.05, 3.63) is 50.6 Å². The molecular weight excluding hydrogens is 322 g/mol. The number of hydrogen-bond donors (Lipinski definition) is 1. The van der Waals surface area contributed by atoms with Crippen molar-refractivity contribution >= 4 is 27.3 Å². The summed E-state index contributed by atoms with van der Waals surface area (Å²) in [6, 6.07) is 10.7. The second kappa shape index (κ2) is 7.08. The number of ether oxygens (including phenoxy) is 1. The van der Waals surface area contributed by atoms with Crippen LogP contribution >= 0.6 is 27.3 Å². The lowest BCUT2D eigenvalue weighted by Crippen LogP contribution is -2.21. The summed E-state index contributed by atoms with van der Waals surface area (Å²) in [6.45, 7) is 5.76. The zero-order valence-electron chi connectivity index (χ0n) is 11.2. The van der Waals surface area contributed by atoms with Gasteiger partial charge in [-0.05, 0) is 64.1 Å². The molecule has 2 nitrogen and oxygen atoms in total. The minimum atomic E-state index is 0.239. The van der Waals surface area contributed by atoms with Crippen molar-refractivity contribution in [2.75, 3.05) is 13.2 Å². The van der Waals surface area contributed by atoms with Gasteiger partial charge in [0.2, 0.25) is 0 Å². The molecule has 1 heterocycles. The highest BCUT2D eigenvalue weighted by molar-refractivity contribution is 9.11. The second-order valence-corrected chi connectivity index (χ2v) is 6.47. The van der Waals surface area contributed by atoms with Gasteiger partial charge in [0.15, 0.2) is 0 Å². The lowest BCUT2D eigenvalue weighted by Gasteiger charge is -2.17. The molecule has 0 saturated heterocycles. The van der Waals surface area contributed by atoms with Crippen LogP contribution in [0.2, 0.25) is 0 Å². The number of benzene rings is 1. The van der Waals surface area contributed by atoms with E-state index in [9.17, 15) is 0 Å².